The van der Waals surface area contributed by atoms with Crippen LogP contribution in [0, 0.1) is 0 Å². The Balaban J connectivity index is 0. The number of β-amino-alcohol motifs (C(OH)–C–C–N with tert-alkyl or cyclic N) is 2. The fraction of sp³-hybridized carbons (Fsp3) is 0.889. The number of hydrogen-bond acceptors (Lipinski definition) is 5. The maximum absolute atomic E-state index is 10.9. The van der Waals surface area contributed by atoms with E-state index in [4.69, 9.17) is 10.2 Å². The first kappa shape index (κ1) is 17.7. The smallest absolute Gasteiger partial charge is 0.548 e. The van der Waals surface area contributed by atoms with Crippen LogP contribution in [0.2, 0.25) is 0 Å². The average Bonchev–Trinajstić information content (AvgIpc) is 2.16. The molecule has 0 aromatic heterocycles. The molecule has 0 aliphatic heterocycles. The summed E-state index contributed by atoms with van der Waals surface area (Å²) in [7, 11) is 0. The van der Waals surface area contributed by atoms with Crippen molar-refractivity contribution < 1.29 is 49.7 Å². The molecule has 0 aliphatic carbocycles. The van der Waals surface area contributed by atoms with Gasteiger partial charge in [-0.3, -0.25) is 4.90 Å². The van der Waals surface area contributed by atoms with Crippen molar-refractivity contribution in [1.29, 1.82) is 0 Å². The summed E-state index contributed by atoms with van der Waals surface area (Å²) in [5.41, 5.74) is -1.12. The quantitative estimate of drug-likeness (QED) is 0.426. The third-order valence-electron chi connectivity index (χ3n) is 2.57. The van der Waals surface area contributed by atoms with Gasteiger partial charge in [0.2, 0.25) is 0 Å². The number of nitrogens with zero attached hydrogens (tertiary/aromatic N) is 1. The molecule has 15 heavy (non-hydrogen) atoms. The molecule has 0 bridgehead atoms. The van der Waals surface area contributed by atoms with E-state index in [1.54, 1.807) is 6.92 Å². The maximum atomic E-state index is 10.9. The van der Waals surface area contributed by atoms with Gasteiger partial charge in [-0.25, -0.2) is 0 Å². The summed E-state index contributed by atoms with van der Waals surface area (Å²) in [6.07, 6.45) is 0.370. The van der Waals surface area contributed by atoms with Gasteiger partial charge in [-0.1, -0.05) is 6.92 Å². The Bertz CT molecular complexity index is 185. The van der Waals surface area contributed by atoms with Crippen LogP contribution in [-0.4, -0.2) is 52.9 Å². The molecule has 0 amide bonds. The molecular formula is C9H18NNaO4. The molecule has 0 aromatic rings. The molecule has 0 heterocycles. The van der Waals surface area contributed by atoms with Crippen molar-refractivity contribution in [2.75, 3.05) is 26.3 Å². The van der Waals surface area contributed by atoms with Gasteiger partial charge in [0.05, 0.1) is 24.7 Å². The van der Waals surface area contributed by atoms with Crippen LogP contribution in [0.3, 0.4) is 0 Å². The largest absolute Gasteiger partial charge is 1.00 e. The predicted molar refractivity (Wildman–Crippen MR) is 49.4 cm³/mol. The van der Waals surface area contributed by atoms with Crippen molar-refractivity contribution in [3.05, 3.63) is 0 Å². The van der Waals surface area contributed by atoms with Crippen LogP contribution < -0.4 is 34.7 Å². The second-order valence-electron chi connectivity index (χ2n) is 3.35. The van der Waals surface area contributed by atoms with E-state index in [-0.39, 0.29) is 55.9 Å². The van der Waals surface area contributed by atoms with E-state index in [0.717, 1.165) is 0 Å². The molecular weight excluding hydrogens is 209 g/mol. The third kappa shape index (κ3) is 4.80. The Morgan fingerprint density at radius 3 is 1.93 bits per heavy atom. The Labute approximate surface area is 112 Å². The first-order valence-corrected chi connectivity index (χ1v) is 4.71. The molecule has 0 saturated carbocycles. The molecule has 1 atom stereocenters. The third-order valence-corrected chi connectivity index (χ3v) is 2.57. The van der Waals surface area contributed by atoms with E-state index in [1.807, 2.05) is 0 Å². The number of carboxylic acids is 1. The maximum Gasteiger partial charge on any atom is 1.00 e. The van der Waals surface area contributed by atoms with E-state index >= 15 is 0 Å². The van der Waals surface area contributed by atoms with Gasteiger partial charge in [-0.2, -0.15) is 0 Å². The van der Waals surface area contributed by atoms with Crippen LogP contribution in [0.5, 0.6) is 0 Å². The summed E-state index contributed by atoms with van der Waals surface area (Å²) in [5.74, 6) is -1.18. The summed E-state index contributed by atoms with van der Waals surface area (Å²) in [6, 6.07) is 0. The van der Waals surface area contributed by atoms with Crippen LogP contribution >= 0.6 is 0 Å². The zero-order chi connectivity index (χ0) is 11.2. The van der Waals surface area contributed by atoms with Gasteiger partial charge >= 0.3 is 29.6 Å². The molecule has 84 valence electrons. The second kappa shape index (κ2) is 8.50. The SMILES string of the molecule is CCC(C)(C(=O)[O-])N(CCO)CCO.[Na+]. The van der Waals surface area contributed by atoms with Crippen LogP contribution in [0.4, 0.5) is 0 Å². The summed E-state index contributed by atoms with van der Waals surface area (Å²) >= 11 is 0. The van der Waals surface area contributed by atoms with Crippen LogP contribution in [0.15, 0.2) is 0 Å². The Kier molecular flexibility index (Phi) is 10.0. The van der Waals surface area contributed by atoms with Crippen molar-refractivity contribution >= 4 is 5.97 Å². The predicted octanol–water partition coefficient (Wildman–Crippen LogP) is -4.80. The molecule has 5 nitrogen and oxygen atoms in total. The number of aliphatic carboxylic acids is 1. The van der Waals surface area contributed by atoms with Crippen LogP contribution in [0.1, 0.15) is 20.3 Å². The monoisotopic (exact) mass is 227 g/mol. The molecule has 0 aliphatic rings. The molecule has 0 fully saturated rings. The normalized spacial score (nSPS) is 14.5. The Morgan fingerprint density at radius 2 is 1.73 bits per heavy atom. The summed E-state index contributed by atoms with van der Waals surface area (Å²) in [5, 5.41) is 28.5. The number of carboxylic acid groups (broad SMARTS) is 1. The number of aliphatic hydroxyl groups is 2. The van der Waals surface area contributed by atoms with Gasteiger partial charge in [-0.05, 0) is 13.3 Å². The van der Waals surface area contributed by atoms with Crippen LogP contribution in [0.25, 0.3) is 0 Å². The topological polar surface area (TPSA) is 83.8 Å². The van der Waals surface area contributed by atoms with Crippen molar-refractivity contribution in [1.82, 2.24) is 4.90 Å². The average molecular weight is 227 g/mol. The minimum absolute atomic E-state index is 0. The molecule has 2 N–H and O–H groups in total. The molecule has 0 aromatic carbocycles. The van der Waals surface area contributed by atoms with Crippen molar-refractivity contribution in [2.24, 2.45) is 0 Å². The van der Waals surface area contributed by atoms with Gasteiger partial charge < -0.3 is 20.1 Å². The second-order valence-corrected chi connectivity index (χ2v) is 3.35. The standard InChI is InChI=1S/C9H19NO4.Na/c1-3-9(2,8(13)14)10(4-6-11)5-7-12;/h11-12H,3-7H2,1-2H3,(H,13,14);/q;+1/p-1. The zero-order valence-corrected chi connectivity index (χ0v) is 11.7. The van der Waals surface area contributed by atoms with E-state index < -0.39 is 11.5 Å². The number of aliphatic hydroxyl groups excluding tert-OH is 2. The summed E-state index contributed by atoms with van der Waals surface area (Å²) < 4.78 is 0. The Hall–Kier alpha value is 0.350. The van der Waals surface area contributed by atoms with Crippen molar-refractivity contribution in [3.63, 3.8) is 0 Å². The summed E-state index contributed by atoms with van der Waals surface area (Å²) in [4.78, 5) is 12.4. The van der Waals surface area contributed by atoms with Gasteiger partial charge in [-0.15, -0.1) is 0 Å². The number of rotatable bonds is 7. The van der Waals surface area contributed by atoms with Gasteiger partial charge in [0.1, 0.15) is 0 Å². The number of carbonyl (C=O) groups is 1. The number of hydrogen-bond donors (Lipinski definition) is 2. The fourth-order valence-electron chi connectivity index (χ4n) is 1.34. The summed E-state index contributed by atoms with van der Waals surface area (Å²) in [6.45, 7) is 3.44. The first-order valence-electron chi connectivity index (χ1n) is 4.71. The first-order chi connectivity index (χ1) is 6.52. The van der Waals surface area contributed by atoms with Crippen molar-refractivity contribution in [3.8, 4) is 0 Å². The molecule has 0 rings (SSSR count). The minimum Gasteiger partial charge on any atom is -0.548 e. The molecule has 0 radical (unpaired) electrons. The molecule has 0 spiro atoms. The van der Waals surface area contributed by atoms with E-state index in [2.05, 4.69) is 0 Å². The molecule has 0 saturated heterocycles. The number of carbonyl (C=O) groups excluding carboxylic acids is 1. The molecule has 6 heteroatoms. The molecule has 1 unspecified atom stereocenters. The Morgan fingerprint density at radius 1 is 1.33 bits per heavy atom. The van der Waals surface area contributed by atoms with Gasteiger partial charge in [0, 0.05) is 13.1 Å². The van der Waals surface area contributed by atoms with E-state index in [0.29, 0.717) is 6.42 Å². The minimum atomic E-state index is -1.18. The fourth-order valence-corrected chi connectivity index (χ4v) is 1.34. The van der Waals surface area contributed by atoms with Crippen LogP contribution in [-0.2, 0) is 4.79 Å². The van der Waals surface area contributed by atoms with Crippen molar-refractivity contribution in [2.45, 2.75) is 25.8 Å². The zero-order valence-electron chi connectivity index (χ0n) is 9.69. The van der Waals surface area contributed by atoms with Gasteiger partial charge in [0.25, 0.3) is 0 Å². The van der Waals surface area contributed by atoms with E-state index in [1.165, 1.54) is 11.8 Å². The van der Waals surface area contributed by atoms with E-state index in [9.17, 15) is 9.90 Å². The van der Waals surface area contributed by atoms with Gasteiger partial charge in [0.15, 0.2) is 0 Å².